The highest BCUT2D eigenvalue weighted by molar-refractivity contribution is 8.01. The van der Waals surface area contributed by atoms with Crippen LogP contribution in [-0.4, -0.2) is 65.7 Å². The highest BCUT2D eigenvalue weighted by Gasteiger charge is 2.50. The number of likely N-dealkylation sites (tertiary alicyclic amines) is 1. The highest BCUT2D eigenvalue weighted by atomic mass is 35.5. The summed E-state index contributed by atoms with van der Waals surface area (Å²) >= 11 is 9.23. The van der Waals surface area contributed by atoms with Crippen molar-refractivity contribution in [3.8, 4) is 0 Å². The third-order valence-electron chi connectivity index (χ3n) is 5.95. The minimum atomic E-state index is -0.384. The fourth-order valence-electron chi connectivity index (χ4n) is 4.27. The number of thioether (sulfide) groups is 1. The predicted molar refractivity (Wildman–Crippen MR) is 127 cm³/mol. The fourth-order valence-corrected chi connectivity index (χ4v) is 6.51. The number of thiazole rings is 1. The number of aliphatic hydroxyl groups is 1. The molecule has 0 radical (unpaired) electrons. The first-order valence-electron chi connectivity index (χ1n) is 10.3. The Morgan fingerprint density at radius 1 is 1.44 bits per heavy atom. The lowest BCUT2D eigenvalue weighted by Crippen LogP contribution is -2.41. The molecule has 1 spiro atoms. The number of benzene rings is 1. The maximum atomic E-state index is 13.2. The number of ether oxygens (including phenoxy) is 1. The monoisotopic (exact) mass is 496 g/mol. The molecule has 0 saturated carbocycles. The first-order valence-corrected chi connectivity index (χ1v) is 12.4. The number of urea groups is 1. The van der Waals surface area contributed by atoms with Gasteiger partial charge in [-0.15, -0.1) is 11.8 Å². The highest BCUT2D eigenvalue weighted by Crippen LogP contribution is 2.47. The molecular formula is C21H25ClN4O4S2. The minimum Gasteiger partial charge on any atom is -0.453 e. The fraction of sp³-hybridized carbons (Fsp3) is 0.476. The average Bonchev–Trinajstić information content (AvgIpc) is 3.50. The van der Waals surface area contributed by atoms with Crippen LogP contribution in [0.4, 0.5) is 20.4 Å². The molecule has 2 unspecified atom stereocenters. The number of amides is 3. The number of aliphatic hydroxyl groups excluding tert-OH is 1. The quantitative estimate of drug-likeness (QED) is 0.595. The zero-order valence-electron chi connectivity index (χ0n) is 17.8. The molecule has 2 aliphatic heterocycles. The Balaban J connectivity index is 1.53. The number of nitrogens with zero attached hydrogens (tertiary/aromatic N) is 3. The summed E-state index contributed by atoms with van der Waals surface area (Å²) < 4.78 is 5.83. The molecule has 3 heterocycles. The van der Waals surface area contributed by atoms with Gasteiger partial charge in [0.2, 0.25) is 0 Å². The lowest BCUT2D eigenvalue weighted by molar-refractivity contribution is 0.131. The Morgan fingerprint density at radius 3 is 2.97 bits per heavy atom. The third-order valence-corrected chi connectivity index (χ3v) is 8.59. The Labute approximate surface area is 199 Å². The van der Waals surface area contributed by atoms with Crippen molar-refractivity contribution < 1.29 is 19.4 Å². The van der Waals surface area contributed by atoms with Crippen molar-refractivity contribution in [1.82, 2.24) is 9.88 Å². The summed E-state index contributed by atoms with van der Waals surface area (Å²) in [5.74, 6) is 0. The molecule has 8 nitrogen and oxygen atoms in total. The van der Waals surface area contributed by atoms with E-state index in [1.54, 1.807) is 33.8 Å². The second-order valence-corrected chi connectivity index (χ2v) is 11.0. The van der Waals surface area contributed by atoms with Crippen molar-refractivity contribution in [1.29, 1.82) is 0 Å². The molecule has 32 heavy (non-hydrogen) atoms. The summed E-state index contributed by atoms with van der Waals surface area (Å²) in [6, 6.07) is 5.23. The molecule has 2 aliphatic rings. The van der Waals surface area contributed by atoms with E-state index < -0.39 is 0 Å². The Hall–Kier alpha value is -2.01. The largest absolute Gasteiger partial charge is 0.453 e. The summed E-state index contributed by atoms with van der Waals surface area (Å²) in [6.45, 7) is 3.59. The smallest absolute Gasteiger partial charge is 0.409 e. The van der Waals surface area contributed by atoms with Gasteiger partial charge in [-0.3, -0.25) is 10.2 Å². The Bertz CT molecular complexity index is 1020. The summed E-state index contributed by atoms with van der Waals surface area (Å²) in [7, 11) is 1.37. The van der Waals surface area contributed by atoms with Crippen LogP contribution < -0.4 is 10.2 Å². The van der Waals surface area contributed by atoms with Crippen LogP contribution in [0, 0.1) is 0 Å². The maximum absolute atomic E-state index is 13.2. The summed E-state index contributed by atoms with van der Waals surface area (Å²) in [5, 5.41) is 13.5. The molecule has 0 aliphatic carbocycles. The van der Waals surface area contributed by atoms with E-state index in [1.807, 2.05) is 19.1 Å². The van der Waals surface area contributed by atoms with E-state index >= 15 is 0 Å². The second-order valence-electron chi connectivity index (χ2n) is 7.91. The first-order chi connectivity index (χ1) is 15.4. The van der Waals surface area contributed by atoms with E-state index in [2.05, 4.69) is 10.3 Å². The van der Waals surface area contributed by atoms with Crippen molar-refractivity contribution in [2.75, 3.05) is 43.6 Å². The molecule has 1 aromatic carbocycles. The van der Waals surface area contributed by atoms with Crippen molar-refractivity contribution in [3.63, 3.8) is 0 Å². The van der Waals surface area contributed by atoms with Gasteiger partial charge in [-0.2, -0.15) is 0 Å². The van der Waals surface area contributed by atoms with Gasteiger partial charge in [0.05, 0.1) is 24.1 Å². The second kappa shape index (κ2) is 9.46. The van der Waals surface area contributed by atoms with Crippen LogP contribution in [-0.2, 0) is 10.2 Å². The van der Waals surface area contributed by atoms with Gasteiger partial charge in [-0.05, 0) is 36.6 Å². The average molecular weight is 497 g/mol. The van der Waals surface area contributed by atoms with Crippen molar-refractivity contribution in [3.05, 3.63) is 35.0 Å². The van der Waals surface area contributed by atoms with Gasteiger partial charge in [-0.1, -0.05) is 29.9 Å². The number of rotatable bonds is 5. The zero-order chi connectivity index (χ0) is 22.9. The molecule has 1 saturated heterocycles. The standard InChI is InChI=1S/C21H25ClN4O4S2/c1-3-14(10-27)31-17-9-23-18(32-17)24-19(28)26-12-21(6-7-25(11-21)20(29)30-2)15-8-13(22)4-5-16(15)26/h4-5,8-9,14,27H,3,6-7,10-12H2,1-2H3,(H,23,24,28). The molecule has 2 atom stereocenters. The maximum Gasteiger partial charge on any atom is 0.409 e. The van der Waals surface area contributed by atoms with Gasteiger partial charge in [0.1, 0.15) is 0 Å². The van der Waals surface area contributed by atoms with Crippen molar-refractivity contribution in [2.24, 2.45) is 0 Å². The van der Waals surface area contributed by atoms with E-state index in [0.29, 0.717) is 29.8 Å². The molecule has 0 bridgehead atoms. The number of methoxy groups -OCH3 is 1. The topological polar surface area (TPSA) is 95.0 Å². The number of hydrogen-bond donors (Lipinski definition) is 2. The Kier molecular flexibility index (Phi) is 6.85. The third kappa shape index (κ3) is 4.41. The zero-order valence-corrected chi connectivity index (χ0v) is 20.2. The van der Waals surface area contributed by atoms with Gasteiger partial charge in [0.25, 0.3) is 0 Å². The predicted octanol–water partition coefficient (Wildman–Crippen LogP) is 4.42. The van der Waals surface area contributed by atoms with Gasteiger partial charge < -0.3 is 14.7 Å². The number of carbonyl (C=O) groups excluding carboxylic acids is 2. The molecule has 11 heteroatoms. The van der Waals surface area contributed by atoms with Gasteiger partial charge in [-0.25, -0.2) is 14.6 Å². The number of nitrogens with one attached hydrogen (secondary N) is 1. The summed E-state index contributed by atoms with van der Waals surface area (Å²) in [6.07, 6.45) is 2.91. The number of hydrogen-bond acceptors (Lipinski definition) is 7. The van der Waals surface area contributed by atoms with Gasteiger partial charge in [0.15, 0.2) is 5.13 Å². The number of anilines is 2. The van der Waals surface area contributed by atoms with Crippen LogP contribution in [0.3, 0.4) is 0 Å². The molecule has 1 aromatic heterocycles. The summed E-state index contributed by atoms with van der Waals surface area (Å²) in [5.41, 5.74) is 1.37. The minimum absolute atomic E-state index is 0.0958. The van der Waals surface area contributed by atoms with Crippen LogP contribution in [0.2, 0.25) is 5.02 Å². The van der Waals surface area contributed by atoms with Gasteiger partial charge in [0, 0.05) is 41.0 Å². The van der Waals surface area contributed by atoms with Crippen LogP contribution in [0.1, 0.15) is 25.3 Å². The van der Waals surface area contributed by atoms with Crippen LogP contribution in [0.5, 0.6) is 0 Å². The lowest BCUT2D eigenvalue weighted by Gasteiger charge is -2.25. The SMILES string of the molecule is CCC(CO)Sc1cnc(NC(=O)N2CC3(CCN(C(=O)OC)C3)c3cc(Cl)ccc32)s1. The normalized spacial score (nSPS) is 20.5. The van der Waals surface area contributed by atoms with E-state index in [4.69, 9.17) is 16.3 Å². The summed E-state index contributed by atoms with van der Waals surface area (Å²) in [4.78, 5) is 33.0. The number of aromatic nitrogens is 1. The van der Waals surface area contributed by atoms with E-state index in [0.717, 1.165) is 28.3 Å². The molecule has 1 fully saturated rings. The van der Waals surface area contributed by atoms with Crippen LogP contribution in [0.15, 0.2) is 28.6 Å². The van der Waals surface area contributed by atoms with E-state index in [1.165, 1.54) is 18.4 Å². The lowest BCUT2D eigenvalue weighted by atomic mass is 9.81. The molecule has 2 aromatic rings. The van der Waals surface area contributed by atoms with Crippen LogP contribution >= 0.6 is 34.7 Å². The Morgan fingerprint density at radius 2 is 2.25 bits per heavy atom. The number of halogens is 1. The number of carbonyl (C=O) groups is 2. The molecule has 3 amide bonds. The molecule has 4 rings (SSSR count). The molecular weight excluding hydrogens is 472 g/mol. The number of fused-ring (bicyclic) bond motifs is 2. The van der Waals surface area contributed by atoms with E-state index in [9.17, 15) is 14.7 Å². The van der Waals surface area contributed by atoms with E-state index in [-0.39, 0.29) is 29.4 Å². The molecule has 172 valence electrons. The van der Waals surface area contributed by atoms with Crippen LogP contribution in [0.25, 0.3) is 0 Å². The van der Waals surface area contributed by atoms with Crippen molar-refractivity contribution in [2.45, 2.75) is 34.6 Å². The first kappa shape index (κ1) is 23.2. The van der Waals surface area contributed by atoms with Crippen molar-refractivity contribution >= 4 is 57.6 Å². The molecule has 2 N–H and O–H groups in total. The van der Waals surface area contributed by atoms with Gasteiger partial charge >= 0.3 is 12.1 Å².